The van der Waals surface area contributed by atoms with Gasteiger partial charge in [-0.25, -0.2) is 5.43 Å². The zero-order valence-electron chi connectivity index (χ0n) is 14.3. The maximum Gasteiger partial charge on any atom is 0.271 e. The van der Waals surface area contributed by atoms with Crippen LogP contribution in [0.25, 0.3) is 0 Å². The number of rotatable bonds is 5. The van der Waals surface area contributed by atoms with Gasteiger partial charge in [0, 0.05) is 10.6 Å². The summed E-state index contributed by atoms with van der Waals surface area (Å²) in [6, 6.07) is 10.7. The highest BCUT2D eigenvalue weighted by molar-refractivity contribution is 6.30. The van der Waals surface area contributed by atoms with Crippen LogP contribution in [-0.4, -0.2) is 19.2 Å². The van der Waals surface area contributed by atoms with E-state index >= 15 is 0 Å². The molecule has 0 aliphatic carbocycles. The molecule has 0 aliphatic rings. The second-order valence-electron chi connectivity index (χ2n) is 5.81. The highest BCUT2D eigenvalue weighted by Crippen LogP contribution is 2.29. The van der Waals surface area contributed by atoms with Gasteiger partial charge in [-0.15, -0.1) is 0 Å². The van der Waals surface area contributed by atoms with Crippen molar-refractivity contribution in [2.24, 2.45) is 5.10 Å². The lowest BCUT2D eigenvalue weighted by Crippen LogP contribution is -2.17. The Morgan fingerprint density at radius 1 is 1.25 bits per heavy atom. The molecule has 0 radical (unpaired) electrons. The molecule has 0 aliphatic heterocycles. The smallest absolute Gasteiger partial charge is 0.271 e. The van der Waals surface area contributed by atoms with Gasteiger partial charge in [-0.3, -0.25) is 4.79 Å². The lowest BCUT2D eigenvalue weighted by molar-refractivity contribution is 0.0955. The van der Waals surface area contributed by atoms with Crippen molar-refractivity contribution in [2.45, 2.75) is 26.7 Å². The predicted molar refractivity (Wildman–Crippen MR) is 98.3 cm³/mol. The molecule has 4 nitrogen and oxygen atoms in total. The van der Waals surface area contributed by atoms with Crippen molar-refractivity contribution in [3.63, 3.8) is 0 Å². The van der Waals surface area contributed by atoms with Crippen LogP contribution in [-0.2, 0) is 0 Å². The van der Waals surface area contributed by atoms with E-state index < -0.39 is 0 Å². The molecule has 0 fully saturated rings. The van der Waals surface area contributed by atoms with E-state index in [1.807, 2.05) is 19.1 Å². The van der Waals surface area contributed by atoms with Gasteiger partial charge in [-0.2, -0.15) is 5.10 Å². The number of benzene rings is 2. The molecule has 0 unspecified atom stereocenters. The molecule has 126 valence electrons. The molecule has 1 amide bonds. The molecule has 24 heavy (non-hydrogen) atoms. The Morgan fingerprint density at radius 2 is 1.92 bits per heavy atom. The van der Waals surface area contributed by atoms with Crippen LogP contribution in [0.15, 0.2) is 41.5 Å². The van der Waals surface area contributed by atoms with Gasteiger partial charge in [-0.05, 0) is 65.9 Å². The Kier molecular flexibility index (Phi) is 5.99. The van der Waals surface area contributed by atoms with Gasteiger partial charge in [0.05, 0.1) is 13.3 Å². The molecule has 5 heteroatoms. The van der Waals surface area contributed by atoms with E-state index in [1.54, 1.807) is 37.6 Å². The third-order valence-electron chi connectivity index (χ3n) is 3.72. The summed E-state index contributed by atoms with van der Waals surface area (Å²) in [5.74, 6) is 0.916. The molecule has 0 spiro atoms. The van der Waals surface area contributed by atoms with Crippen LogP contribution in [0.2, 0.25) is 5.02 Å². The van der Waals surface area contributed by atoms with Gasteiger partial charge in [-0.1, -0.05) is 25.4 Å². The number of ether oxygens (including phenoxy) is 1. The number of hydrogen-bond acceptors (Lipinski definition) is 3. The van der Waals surface area contributed by atoms with E-state index in [2.05, 4.69) is 24.4 Å². The first-order chi connectivity index (χ1) is 11.4. The third-order valence-corrected chi connectivity index (χ3v) is 3.97. The number of amides is 1. The van der Waals surface area contributed by atoms with E-state index in [1.165, 1.54) is 0 Å². The number of aryl methyl sites for hydroxylation is 1. The summed E-state index contributed by atoms with van der Waals surface area (Å²) < 4.78 is 5.43. The fourth-order valence-corrected chi connectivity index (χ4v) is 2.44. The highest BCUT2D eigenvalue weighted by atomic mass is 35.5. The van der Waals surface area contributed by atoms with Crippen LogP contribution in [0, 0.1) is 6.92 Å². The molecule has 2 aromatic carbocycles. The third kappa shape index (κ3) is 4.36. The summed E-state index contributed by atoms with van der Waals surface area (Å²) in [6.45, 7) is 6.20. The van der Waals surface area contributed by atoms with Gasteiger partial charge in [0.2, 0.25) is 0 Å². The number of halogens is 1. The molecule has 0 aromatic heterocycles. The lowest BCUT2D eigenvalue weighted by atomic mass is 9.97. The quantitative estimate of drug-likeness (QED) is 0.639. The van der Waals surface area contributed by atoms with E-state index in [9.17, 15) is 4.79 Å². The summed E-state index contributed by atoms with van der Waals surface area (Å²) in [6.07, 6.45) is 1.65. The number of hydrogen-bond donors (Lipinski definition) is 1. The standard InChI is InChI=1S/C19H21ClN2O2/c1-12(2)17-10-15(13(3)9-18(17)24-4)11-21-22-19(23)14-5-7-16(20)8-6-14/h5-12H,1-4H3,(H,22,23)/b21-11-. The molecule has 0 bridgehead atoms. The van der Waals surface area contributed by atoms with Crippen molar-refractivity contribution in [3.05, 3.63) is 63.7 Å². The highest BCUT2D eigenvalue weighted by Gasteiger charge is 2.10. The maximum absolute atomic E-state index is 12.0. The first-order valence-electron chi connectivity index (χ1n) is 7.70. The second kappa shape index (κ2) is 7.97. The summed E-state index contributed by atoms with van der Waals surface area (Å²) in [5, 5.41) is 4.65. The molecule has 0 atom stereocenters. The number of nitrogens with zero attached hydrogens (tertiary/aromatic N) is 1. The predicted octanol–water partition coefficient (Wildman–Crippen LogP) is 4.54. The van der Waals surface area contributed by atoms with Crippen molar-refractivity contribution < 1.29 is 9.53 Å². The summed E-state index contributed by atoms with van der Waals surface area (Å²) in [4.78, 5) is 12.0. The van der Waals surface area contributed by atoms with Crippen LogP contribution in [0.1, 0.15) is 46.8 Å². The summed E-state index contributed by atoms with van der Waals surface area (Å²) >= 11 is 5.81. The van der Waals surface area contributed by atoms with Gasteiger partial charge < -0.3 is 4.74 Å². The van der Waals surface area contributed by atoms with E-state index in [0.29, 0.717) is 16.5 Å². The fraction of sp³-hybridized carbons (Fsp3) is 0.263. The second-order valence-corrected chi connectivity index (χ2v) is 6.25. The molecule has 2 rings (SSSR count). The first kappa shape index (κ1) is 18.0. The maximum atomic E-state index is 12.0. The van der Waals surface area contributed by atoms with Crippen LogP contribution < -0.4 is 10.2 Å². The van der Waals surface area contributed by atoms with Crippen molar-refractivity contribution >= 4 is 23.7 Å². The van der Waals surface area contributed by atoms with E-state index in [0.717, 1.165) is 22.4 Å². The van der Waals surface area contributed by atoms with Gasteiger partial charge in [0.15, 0.2) is 0 Å². The van der Waals surface area contributed by atoms with Crippen LogP contribution in [0.3, 0.4) is 0 Å². The molecular formula is C19H21ClN2O2. The van der Waals surface area contributed by atoms with Crippen molar-refractivity contribution in [2.75, 3.05) is 7.11 Å². The van der Waals surface area contributed by atoms with Crippen LogP contribution in [0.5, 0.6) is 5.75 Å². The first-order valence-corrected chi connectivity index (χ1v) is 8.07. The molecule has 0 heterocycles. The number of hydrazone groups is 1. The molecular weight excluding hydrogens is 324 g/mol. The molecule has 1 N–H and O–H groups in total. The number of carbonyl (C=O) groups is 1. The number of nitrogens with one attached hydrogen (secondary N) is 1. The SMILES string of the molecule is COc1cc(C)c(/C=N\NC(=O)c2ccc(Cl)cc2)cc1C(C)C. The van der Waals surface area contributed by atoms with Gasteiger partial charge in [0.25, 0.3) is 5.91 Å². The molecule has 0 saturated carbocycles. The van der Waals surface area contributed by atoms with E-state index in [-0.39, 0.29) is 5.91 Å². The lowest BCUT2D eigenvalue weighted by Gasteiger charge is -2.14. The Bertz CT molecular complexity index is 753. The Morgan fingerprint density at radius 3 is 2.50 bits per heavy atom. The van der Waals surface area contributed by atoms with Crippen molar-refractivity contribution in [1.82, 2.24) is 5.43 Å². The fourth-order valence-electron chi connectivity index (χ4n) is 2.31. The normalized spacial score (nSPS) is 11.1. The van der Waals surface area contributed by atoms with Crippen molar-refractivity contribution in [3.8, 4) is 5.75 Å². The minimum Gasteiger partial charge on any atom is -0.496 e. The van der Waals surface area contributed by atoms with Gasteiger partial charge >= 0.3 is 0 Å². The van der Waals surface area contributed by atoms with Crippen LogP contribution in [0.4, 0.5) is 0 Å². The van der Waals surface area contributed by atoms with Crippen molar-refractivity contribution in [1.29, 1.82) is 0 Å². The minimum absolute atomic E-state index is 0.279. The largest absolute Gasteiger partial charge is 0.496 e. The minimum atomic E-state index is -0.279. The van der Waals surface area contributed by atoms with Crippen LogP contribution >= 0.6 is 11.6 Å². The number of carbonyl (C=O) groups excluding carboxylic acids is 1. The Hall–Kier alpha value is -2.33. The Labute approximate surface area is 147 Å². The van der Waals surface area contributed by atoms with E-state index in [4.69, 9.17) is 16.3 Å². The topological polar surface area (TPSA) is 50.7 Å². The summed E-state index contributed by atoms with van der Waals surface area (Å²) in [7, 11) is 1.67. The average Bonchev–Trinajstić information content (AvgIpc) is 2.56. The molecule has 2 aromatic rings. The summed E-state index contributed by atoms with van der Waals surface area (Å²) in [5.41, 5.74) is 6.11. The Balaban J connectivity index is 2.15. The molecule has 0 saturated heterocycles. The zero-order chi connectivity index (χ0) is 17.7. The monoisotopic (exact) mass is 344 g/mol. The van der Waals surface area contributed by atoms with Gasteiger partial charge in [0.1, 0.15) is 5.75 Å². The average molecular weight is 345 g/mol. The zero-order valence-corrected chi connectivity index (χ0v) is 15.0. The number of methoxy groups -OCH3 is 1.